The van der Waals surface area contributed by atoms with Crippen molar-refractivity contribution in [2.45, 2.75) is 25.8 Å². The SMILES string of the molecule is CCC(C)(N)c1noc(-c2ccccc2)n1. The summed E-state index contributed by atoms with van der Waals surface area (Å²) in [7, 11) is 0. The quantitative estimate of drug-likeness (QED) is 0.856. The van der Waals surface area contributed by atoms with Gasteiger partial charge in [0.2, 0.25) is 0 Å². The van der Waals surface area contributed by atoms with Gasteiger partial charge in [-0.2, -0.15) is 4.98 Å². The van der Waals surface area contributed by atoms with Crippen LogP contribution in [0.1, 0.15) is 26.1 Å². The highest BCUT2D eigenvalue weighted by atomic mass is 16.5. The first-order valence-electron chi connectivity index (χ1n) is 5.32. The number of nitrogens with zero attached hydrogens (tertiary/aromatic N) is 2. The summed E-state index contributed by atoms with van der Waals surface area (Å²) >= 11 is 0. The summed E-state index contributed by atoms with van der Waals surface area (Å²) in [5.74, 6) is 1.06. The van der Waals surface area contributed by atoms with Crippen LogP contribution in [-0.2, 0) is 5.54 Å². The standard InChI is InChI=1S/C12H15N3O/c1-3-12(2,13)11-14-10(16-15-11)9-7-5-4-6-8-9/h4-8H,3,13H2,1-2H3. The van der Waals surface area contributed by atoms with Gasteiger partial charge < -0.3 is 10.3 Å². The first-order valence-corrected chi connectivity index (χ1v) is 5.32. The Morgan fingerprint density at radius 2 is 2.00 bits per heavy atom. The summed E-state index contributed by atoms with van der Waals surface area (Å²) in [5, 5.41) is 3.92. The van der Waals surface area contributed by atoms with Gasteiger partial charge >= 0.3 is 0 Å². The molecule has 0 saturated heterocycles. The molecular formula is C12H15N3O. The first-order chi connectivity index (χ1) is 7.63. The molecule has 0 spiro atoms. The molecule has 1 heterocycles. The smallest absolute Gasteiger partial charge is 0.257 e. The van der Waals surface area contributed by atoms with E-state index in [4.69, 9.17) is 10.3 Å². The zero-order chi connectivity index (χ0) is 11.6. The topological polar surface area (TPSA) is 64.9 Å². The molecule has 4 heteroatoms. The Bertz CT molecular complexity index is 462. The van der Waals surface area contributed by atoms with E-state index in [9.17, 15) is 0 Å². The van der Waals surface area contributed by atoms with E-state index in [0.717, 1.165) is 12.0 Å². The first kappa shape index (κ1) is 10.8. The highest BCUT2D eigenvalue weighted by Gasteiger charge is 2.25. The lowest BCUT2D eigenvalue weighted by molar-refractivity contribution is 0.379. The lowest BCUT2D eigenvalue weighted by Crippen LogP contribution is -2.33. The molecule has 1 aromatic carbocycles. The van der Waals surface area contributed by atoms with Gasteiger partial charge in [-0.15, -0.1) is 0 Å². The van der Waals surface area contributed by atoms with Crippen LogP contribution < -0.4 is 5.73 Å². The molecule has 84 valence electrons. The highest BCUT2D eigenvalue weighted by molar-refractivity contribution is 5.52. The third kappa shape index (κ3) is 1.97. The third-order valence-electron chi connectivity index (χ3n) is 2.69. The molecule has 2 rings (SSSR count). The predicted molar refractivity (Wildman–Crippen MR) is 61.6 cm³/mol. The number of hydrogen-bond donors (Lipinski definition) is 1. The molecule has 0 aliphatic heterocycles. The van der Waals surface area contributed by atoms with Gasteiger partial charge in [0, 0.05) is 5.56 Å². The van der Waals surface area contributed by atoms with Crippen molar-refractivity contribution in [1.29, 1.82) is 0 Å². The van der Waals surface area contributed by atoms with Crippen LogP contribution in [0.5, 0.6) is 0 Å². The van der Waals surface area contributed by atoms with Crippen molar-refractivity contribution in [1.82, 2.24) is 10.1 Å². The molecule has 0 amide bonds. The fraction of sp³-hybridized carbons (Fsp3) is 0.333. The summed E-state index contributed by atoms with van der Waals surface area (Å²) < 4.78 is 5.20. The van der Waals surface area contributed by atoms with Crippen molar-refractivity contribution in [3.8, 4) is 11.5 Å². The summed E-state index contributed by atoms with van der Waals surface area (Å²) in [5.41, 5.74) is 6.42. The Kier molecular flexibility index (Phi) is 2.75. The average Bonchev–Trinajstić information content (AvgIpc) is 2.80. The average molecular weight is 217 g/mol. The molecule has 0 radical (unpaired) electrons. The number of nitrogens with two attached hydrogens (primary N) is 1. The van der Waals surface area contributed by atoms with E-state index >= 15 is 0 Å². The largest absolute Gasteiger partial charge is 0.334 e. The summed E-state index contributed by atoms with van der Waals surface area (Å²) in [6.45, 7) is 3.89. The van der Waals surface area contributed by atoms with Gasteiger partial charge in [0.05, 0.1) is 5.54 Å². The van der Waals surface area contributed by atoms with Gasteiger partial charge in [-0.05, 0) is 25.5 Å². The second-order valence-corrected chi connectivity index (χ2v) is 4.06. The summed E-state index contributed by atoms with van der Waals surface area (Å²) in [6.07, 6.45) is 0.765. The Balaban J connectivity index is 2.34. The molecule has 0 aliphatic rings. The molecule has 0 aliphatic carbocycles. The maximum Gasteiger partial charge on any atom is 0.257 e. The van der Waals surface area contributed by atoms with E-state index < -0.39 is 5.54 Å². The molecule has 4 nitrogen and oxygen atoms in total. The van der Waals surface area contributed by atoms with Gasteiger partial charge in [0.15, 0.2) is 5.82 Å². The number of benzene rings is 1. The maximum atomic E-state index is 6.04. The zero-order valence-electron chi connectivity index (χ0n) is 9.47. The van der Waals surface area contributed by atoms with E-state index in [1.807, 2.05) is 44.2 Å². The van der Waals surface area contributed by atoms with Crippen LogP contribution >= 0.6 is 0 Å². The van der Waals surface area contributed by atoms with E-state index in [2.05, 4.69) is 10.1 Å². The van der Waals surface area contributed by atoms with Gasteiger partial charge in [-0.3, -0.25) is 0 Å². The van der Waals surface area contributed by atoms with E-state index in [0.29, 0.717) is 11.7 Å². The van der Waals surface area contributed by atoms with Crippen LogP contribution in [-0.4, -0.2) is 10.1 Å². The fourth-order valence-corrected chi connectivity index (χ4v) is 1.31. The van der Waals surface area contributed by atoms with E-state index in [-0.39, 0.29) is 0 Å². The molecule has 16 heavy (non-hydrogen) atoms. The molecule has 0 saturated carbocycles. The normalized spacial score (nSPS) is 14.7. The van der Waals surface area contributed by atoms with Crippen molar-refractivity contribution >= 4 is 0 Å². The Morgan fingerprint density at radius 3 is 2.62 bits per heavy atom. The predicted octanol–water partition coefficient (Wildman–Crippen LogP) is 2.32. The van der Waals surface area contributed by atoms with Crippen LogP contribution in [0.2, 0.25) is 0 Å². The van der Waals surface area contributed by atoms with Gasteiger partial charge in [-0.1, -0.05) is 30.3 Å². The third-order valence-corrected chi connectivity index (χ3v) is 2.69. The number of hydrogen-bond acceptors (Lipinski definition) is 4. The molecule has 1 aromatic heterocycles. The summed E-state index contributed by atoms with van der Waals surface area (Å²) in [4.78, 5) is 4.32. The summed E-state index contributed by atoms with van der Waals surface area (Å²) in [6, 6.07) is 9.66. The van der Waals surface area contributed by atoms with E-state index in [1.165, 1.54) is 0 Å². The molecule has 1 unspecified atom stereocenters. The van der Waals surface area contributed by atoms with Crippen molar-refractivity contribution in [3.05, 3.63) is 36.2 Å². The van der Waals surface area contributed by atoms with Crippen molar-refractivity contribution in [2.24, 2.45) is 5.73 Å². The van der Waals surface area contributed by atoms with Crippen LogP contribution in [0.25, 0.3) is 11.5 Å². The minimum absolute atomic E-state index is 0.515. The highest BCUT2D eigenvalue weighted by Crippen LogP contribution is 2.22. The molecule has 1 atom stereocenters. The van der Waals surface area contributed by atoms with Crippen molar-refractivity contribution in [3.63, 3.8) is 0 Å². The molecule has 2 N–H and O–H groups in total. The minimum Gasteiger partial charge on any atom is -0.334 e. The fourth-order valence-electron chi connectivity index (χ4n) is 1.31. The second-order valence-electron chi connectivity index (χ2n) is 4.06. The van der Waals surface area contributed by atoms with Crippen LogP contribution in [0.15, 0.2) is 34.9 Å². The number of aromatic nitrogens is 2. The zero-order valence-corrected chi connectivity index (χ0v) is 9.47. The van der Waals surface area contributed by atoms with Crippen LogP contribution in [0, 0.1) is 0 Å². The van der Waals surface area contributed by atoms with Gasteiger partial charge in [0.1, 0.15) is 0 Å². The second kappa shape index (κ2) is 4.06. The number of rotatable bonds is 3. The van der Waals surface area contributed by atoms with Gasteiger partial charge in [0.25, 0.3) is 5.89 Å². The van der Waals surface area contributed by atoms with Gasteiger partial charge in [-0.25, -0.2) is 0 Å². The van der Waals surface area contributed by atoms with Crippen molar-refractivity contribution < 1.29 is 4.52 Å². The maximum absolute atomic E-state index is 6.04. The van der Waals surface area contributed by atoms with Crippen LogP contribution in [0.4, 0.5) is 0 Å². The minimum atomic E-state index is -0.531. The Labute approximate surface area is 94.5 Å². The van der Waals surface area contributed by atoms with Crippen molar-refractivity contribution in [2.75, 3.05) is 0 Å². The molecule has 2 aromatic rings. The molecule has 0 bridgehead atoms. The van der Waals surface area contributed by atoms with E-state index in [1.54, 1.807) is 0 Å². The lowest BCUT2D eigenvalue weighted by Gasteiger charge is -2.16. The lowest BCUT2D eigenvalue weighted by atomic mass is 10.0. The van der Waals surface area contributed by atoms with Crippen LogP contribution in [0.3, 0.4) is 0 Å². The monoisotopic (exact) mass is 217 g/mol. The Morgan fingerprint density at radius 1 is 1.31 bits per heavy atom. The molecule has 0 fully saturated rings. The Hall–Kier alpha value is -1.68. The molecular weight excluding hydrogens is 202 g/mol.